The topological polar surface area (TPSA) is 63.4 Å². The van der Waals surface area contributed by atoms with Gasteiger partial charge in [0.15, 0.2) is 0 Å². The molecule has 0 heterocycles. The summed E-state index contributed by atoms with van der Waals surface area (Å²) in [7, 11) is 0. The van der Waals surface area contributed by atoms with Gasteiger partial charge in [-0.25, -0.2) is 0 Å². The monoisotopic (exact) mass is 285 g/mol. The lowest BCUT2D eigenvalue weighted by molar-refractivity contribution is -0.384. The van der Waals surface area contributed by atoms with Crippen molar-refractivity contribution in [2.75, 3.05) is 0 Å². The van der Waals surface area contributed by atoms with Crippen molar-refractivity contribution in [3.63, 3.8) is 0 Å². The summed E-state index contributed by atoms with van der Waals surface area (Å²) in [5, 5.41) is 21.0. The van der Waals surface area contributed by atoms with Gasteiger partial charge in [0.1, 0.15) is 0 Å². The van der Waals surface area contributed by atoms with Crippen LogP contribution in [-0.2, 0) is 0 Å². The molecule has 0 fully saturated rings. The molecule has 21 heavy (non-hydrogen) atoms. The predicted molar refractivity (Wildman–Crippen MR) is 83.0 cm³/mol. The van der Waals surface area contributed by atoms with E-state index in [-0.39, 0.29) is 5.69 Å². The highest BCUT2D eigenvalue weighted by molar-refractivity contribution is 5.68. The van der Waals surface area contributed by atoms with Gasteiger partial charge in [-0.15, -0.1) is 0 Å². The molecule has 1 unspecified atom stereocenters. The molecular formula is C17H19NO3. The van der Waals surface area contributed by atoms with Crippen LogP contribution in [0.15, 0.2) is 48.5 Å². The fourth-order valence-electron chi connectivity index (χ4n) is 2.37. The van der Waals surface area contributed by atoms with E-state index < -0.39 is 11.0 Å². The van der Waals surface area contributed by atoms with E-state index in [2.05, 4.69) is 6.92 Å². The summed E-state index contributed by atoms with van der Waals surface area (Å²) in [4.78, 5) is 10.3. The molecule has 0 bridgehead atoms. The number of unbranched alkanes of at least 4 members (excludes halogenated alkanes) is 1. The third-order valence-electron chi connectivity index (χ3n) is 3.54. The predicted octanol–water partition coefficient (Wildman–Crippen LogP) is 4.49. The maximum atomic E-state index is 10.7. The highest BCUT2D eigenvalue weighted by Gasteiger charge is 2.13. The highest BCUT2D eigenvalue weighted by Crippen LogP contribution is 2.31. The molecule has 0 saturated heterocycles. The lowest BCUT2D eigenvalue weighted by atomic mass is 9.94. The Balaban J connectivity index is 2.33. The first-order valence-corrected chi connectivity index (χ1v) is 7.15. The average Bonchev–Trinajstić information content (AvgIpc) is 2.52. The molecule has 1 atom stereocenters. The van der Waals surface area contributed by atoms with Crippen LogP contribution in [0.4, 0.5) is 5.69 Å². The van der Waals surface area contributed by atoms with Gasteiger partial charge in [-0.05, 0) is 35.2 Å². The molecule has 4 nitrogen and oxygen atoms in total. The normalized spacial score (nSPS) is 12.1. The minimum absolute atomic E-state index is 0.0720. The lowest BCUT2D eigenvalue weighted by Gasteiger charge is -2.15. The molecule has 4 heteroatoms. The summed E-state index contributed by atoms with van der Waals surface area (Å²) in [6.07, 6.45) is 2.23. The Morgan fingerprint density at radius 1 is 1.14 bits per heavy atom. The van der Waals surface area contributed by atoms with Gasteiger partial charge in [-0.1, -0.05) is 44.0 Å². The molecule has 0 aromatic heterocycles. The number of aliphatic hydroxyl groups excluding tert-OH is 1. The fourth-order valence-corrected chi connectivity index (χ4v) is 2.37. The fraction of sp³-hybridized carbons (Fsp3) is 0.294. The molecule has 0 saturated carbocycles. The summed E-state index contributed by atoms with van der Waals surface area (Å²) in [5.74, 6) is 0. The molecule has 0 aliphatic heterocycles. The summed E-state index contributed by atoms with van der Waals surface area (Å²) in [6, 6.07) is 14.1. The van der Waals surface area contributed by atoms with Gasteiger partial charge in [0.05, 0.1) is 11.0 Å². The van der Waals surface area contributed by atoms with Crippen LogP contribution in [0.1, 0.15) is 37.9 Å². The van der Waals surface area contributed by atoms with E-state index >= 15 is 0 Å². The van der Waals surface area contributed by atoms with Crippen LogP contribution < -0.4 is 0 Å². The maximum absolute atomic E-state index is 10.7. The second-order valence-electron chi connectivity index (χ2n) is 5.05. The van der Waals surface area contributed by atoms with Crippen molar-refractivity contribution in [2.45, 2.75) is 32.3 Å². The van der Waals surface area contributed by atoms with E-state index in [1.165, 1.54) is 12.1 Å². The quantitative estimate of drug-likeness (QED) is 0.628. The first kappa shape index (κ1) is 15.2. The molecule has 0 aliphatic carbocycles. The van der Waals surface area contributed by atoms with Crippen molar-refractivity contribution in [1.29, 1.82) is 0 Å². The van der Waals surface area contributed by atoms with Gasteiger partial charge in [0, 0.05) is 12.1 Å². The van der Waals surface area contributed by atoms with E-state index in [9.17, 15) is 15.2 Å². The van der Waals surface area contributed by atoms with Crippen molar-refractivity contribution in [3.8, 4) is 11.1 Å². The zero-order chi connectivity index (χ0) is 15.2. The number of nitrogens with zero attached hydrogens (tertiary/aromatic N) is 1. The summed E-state index contributed by atoms with van der Waals surface area (Å²) in [6.45, 7) is 2.09. The number of non-ortho nitro benzene ring substituents is 1. The largest absolute Gasteiger partial charge is 0.388 e. The Morgan fingerprint density at radius 2 is 1.81 bits per heavy atom. The van der Waals surface area contributed by atoms with Crippen LogP contribution >= 0.6 is 0 Å². The SMILES string of the molecule is CCCCC(O)c1ccccc1-c1ccc([N+](=O)[O-])cc1. The lowest BCUT2D eigenvalue weighted by Crippen LogP contribution is -2.00. The van der Waals surface area contributed by atoms with Crippen molar-refractivity contribution < 1.29 is 10.0 Å². The van der Waals surface area contributed by atoms with E-state index in [0.29, 0.717) is 0 Å². The zero-order valence-corrected chi connectivity index (χ0v) is 12.0. The average molecular weight is 285 g/mol. The smallest absolute Gasteiger partial charge is 0.269 e. The van der Waals surface area contributed by atoms with E-state index in [1.807, 2.05) is 24.3 Å². The summed E-state index contributed by atoms with van der Waals surface area (Å²) >= 11 is 0. The molecule has 110 valence electrons. The van der Waals surface area contributed by atoms with Crippen LogP contribution in [0.3, 0.4) is 0 Å². The number of nitro groups is 1. The van der Waals surface area contributed by atoms with Gasteiger partial charge in [-0.3, -0.25) is 10.1 Å². The van der Waals surface area contributed by atoms with Gasteiger partial charge in [0.25, 0.3) is 5.69 Å². The molecule has 0 spiro atoms. The van der Waals surface area contributed by atoms with Crippen LogP contribution in [0.2, 0.25) is 0 Å². The van der Waals surface area contributed by atoms with Gasteiger partial charge >= 0.3 is 0 Å². The molecule has 0 aliphatic rings. The molecule has 2 rings (SSSR count). The molecule has 0 amide bonds. The third-order valence-corrected chi connectivity index (χ3v) is 3.54. The van der Waals surface area contributed by atoms with Crippen LogP contribution in [0, 0.1) is 10.1 Å². The van der Waals surface area contributed by atoms with Crippen molar-refractivity contribution >= 4 is 5.69 Å². The van der Waals surface area contributed by atoms with E-state index in [1.54, 1.807) is 12.1 Å². The number of hydrogen-bond donors (Lipinski definition) is 1. The Morgan fingerprint density at radius 3 is 2.43 bits per heavy atom. The molecule has 1 N–H and O–H groups in total. The number of aliphatic hydroxyl groups is 1. The van der Waals surface area contributed by atoms with Crippen molar-refractivity contribution in [3.05, 3.63) is 64.2 Å². The Bertz CT molecular complexity index is 608. The van der Waals surface area contributed by atoms with Gasteiger partial charge in [0.2, 0.25) is 0 Å². The van der Waals surface area contributed by atoms with Crippen LogP contribution in [0.5, 0.6) is 0 Å². The van der Waals surface area contributed by atoms with Gasteiger partial charge in [-0.2, -0.15) is 0 Å². The minimum atomic E-state index is -0.503. The molecule has 2 aromatic carbocycles. The van der Waals surface area contributed by atoms with Crippen LogP contribution in [-0.4, -0.2) is 10.0 Å². The first-order chi connectivity index (χ1) is 10.1. The zero-order valence-electron chi connectivity index (χ0n) is 12.0. The molecular weight excluding hydrogens is 266 g/mol. The highest BCUT2D eigenvalue weighted by atomic mass is 16.6. The van der Waals surface area contributed by atoms with Gasteiger partial charge < -0.3 is 5.11 Å². The summed E-state index contributed by atoms with van der Waals surface area (Å²) < 4.78 is 0. The van der Waals surface area contributed by atoms with Crippen molar-refractivity contribution in [2.24, 2.45) is 0 Å². The second kappa shape index (κ2) is 6.99. The van der Waals surface area contributed by atoms with Crippen molar-refractivity contribution in [1.82, 2.24) is 0 Å². The van der Waals surface area contributed by atoms with Crippen LogP contribution in [0.25, 0.3) is 11.1 Å². The minimum Gasteiger partial charge on any atom is -0.388 e. The van der Waals surface area contributed by atoms with E-state index in [4.69, 9.17) is 0 Å². The molecule has 2 aromatic rings. The Labute approximate surface area is 124 Å². The number of nitro benzene ring substituents is 1. The number of benzene rings is 2. The number of rotatable bonds is 6. The standard InChI is InChI=1S/C17H19NO3/c1-2-3-8-17(19)16-7-5-4-6-15(16)13-9-11-14(12-10-13)18(20)21/h4-7,9-12,17,19H,2-3,8H2,1H3. The molecule has 0 radical (unpaired) electrons. The van der Waals surface area contributed by atoms with E-state index in [0.717, 1.165) is 36.0 Å². The second-order valence-corrected chi connectivity index (χ2v) is 5.05. The number of hydrogen-bond acceptors (Lipinski definition) is 3. The first-order valence-electron chi connectivity index (χ1n) is 7.15. The summed E-state index contributed by atoms with van der Waals surface area (Å²) in [5.41, 5.74) is 2.75. The maximum Gasteiger partial charge on any atom is 0.269 e. The Hall–Kier alpha value is -2.20. The Kier molecular flexibility index (Phi) is 5.06. The third kappa shape index (κ3) is 3.67.